The first-order valence-corrected chi connectivity index (χ1v) is 7.11. The number of nitrogens with one attached hydrogen (secondary N) is 1. The van der Waals surface area contributed by atoms with Crippen LogP contribution in [0.25, 0.3) is 0 Å². The summed E-state index contributed by atoms with van der Waals surface area (Å²) in [5.74, 6) is 1.29. The molecule has 0 amide bonds. The normalized spacial score (nSPS) is 11.0. The quantitative estimate of drug-likeness (QED) is 0.745. The largest absolute Gasteiger partial charge is 0.491 e. The highest BCUT2D eigenvalue weighted by Crippen LogP contribution is 2.34. The Hall–Kier alpha value is -0.440. The van der Waals surface area contributed by atoms with Crippen LogP contribution in [0.2, 0.25) is 10.0 Å². The van der Waals surface area contributed by atoms with Crippen LogP contribution < -0.4 is 10.1 Å². The van der Waals surface area contributed by atoms with Gasteiger partial charge in [-0.15, -0.1) is 0 Å². The van der Waals surface area contributed by atoms with Gasteiger partial charge in [0.1, 0.15) is 0 Å². The van der Waals surface area contributed by atoms with Gasteiger partial charge in [0.15, 0.2) is 5.75 Å². The second kappa shape index (κ2) is 7.88. The third-order valence-electron chi connectivity index (χ3n) is 2.57. The Morgan fingerprint density at radius 3 is 2.33 bits per heavy atom. The van der Waals surface area contributed by atoms with Gasteiger partial charge in [-0.05, 0) is 43.5 Å². The maximum Gasteiger partial charge on any atom is 0.156 e. The lowest BCUT2D eigenvalue weighted by atomic mass is 10.1. The molecule has 0 heterocycles. The van der Waals surface area contributed by atoms with Gasteiger partial charge in [-0.2, -0.15) is 0 Å². The second-order valence-electron chi connectivity index (χ2n) is 4.68. The standard InChI is InChI=1S/C14H21Cl2NO/c1-4-18-14-12(15)7-11(8-13(14)16)9-17-6-5-10(2)3/h7-8,10,17H,4-6,9H2,1-3H3. The van der Waals surface area contributed by atoms with Gasteiger partial charge in [0, 0.05) is 6.54 Å². The minimum absolute atomic E-state index is 0.561. The number of hydrogen-bond acceptors (Lipinski definition) is 2. The van der Waals surface area contributed by atoms with Crippen LogP contribution in [0.1, 0.15) is 32.8 Å². The van der Waals surface area contributed by atoms with Crippen LogP contribution in [0.4, 0.5) is 0 Å². The summed E-state index contributed by atoms with van der Waals surface area (Å²) in [5.41, 5.74) is 1.08. The summed E-state index contributed by atoms with van der Waals surface area (Å²) in [4.78, 5) is 0. The van der Waals surface area contributed by atoms with Crippen molar-refractivity contribution in [2.45, 2.75) is 33.7 Å². The third kappa shape index (κ3) is 5.05. The molecule has 1 aromatic carbocycles. The number of hydrogen-bond donors (Lipinski definition) is 1. The summed E-state index contributed by atoms with van der Waals surface area (Å²) in [6, 6.07) is 3.81. The molecule has 2 nitrogen and oxygen atoms in total. The molecule has 0 unspecified atom stereocenters. The zero-order valence-electron chi connectivity index (χ0n) is 11.2. The number of rotatable bonds is 7. The third-order valence-corrected chi connectivity index (χ3v) is 3.14. The van der Waals surface area contributed by atoms with E-state index in [-0.39, 0.29) is 0 Å². The van der Waals surface area contributed by atoms with Gasteiger partial charge in [-0.1, -0.05) is 37.0 Å². The fourth-order valence-electron chi connectivity index (χ4n) is 1.62. The van der Waals surface area contributed by atoms with Crippen molar-refractivity contribution >= 4 is 23.2 Å². The zero-order valence-corrected chi connectivity index (χ0v) is 12.7. The molecule has 4 heteroatoms. The number of benzene rings is 1. The number of halogens is 2. The van der Waals surface area contributed by atoms with E-state index >= 15 is 0 Å². The average molecular weight is 290 g/mol. The van der Waals surface area contributed by atoms with Crippen molar-refractivity contribution in [3.63, 3.8) is 0 Å². The highest BCUT2D eigenvalue weighted by atomic mass is 35.5. The van der Waals surface area contributed by atoms with E-state index in [1.165, 1.54) is 6.42 Å². The summed E-state index contributed by atoms with van der Waals surface area (Å²) >= 11 is 12.3. The summed E-state index contributed by atoms with van der Waals surface area (Å²) in [6.07, 6.45) is 1.17. The molecular formula is C14H21Cl2NO. The molecule has 0 fully saturated rings. The van der Waals surface area contributed by atoms with Gasteiger partial charge in [0.05, 0.1) is 16.7 Å². The van der Waals surface area contributed by atoms with Crippen molar-refractivity contribution in [2.24, 2.45) is 5.92 Å². The van der Waals surface area contributed by atoms with Crippen LogP contribution >= 0.6 is 23.2 Å². The van der Waals surface area contributed by atoms with Crippen LogP contribution in [-0.4, -0.2) is 13.2 Å². The monoisotopic (exact) mass is 289 g/mol. The van der Waals surface area contributed by atoms with Crippen LogP contribution in [0.3, 0.4) is 0 Å². The van der Waals surface area contributed by atoms with E-state index in [0.29, 0.717) is 28.3 Å². The van der Waals surface area contributed by atoms with Crippen molar-refractivity contribution in [2.75, 3.05) is 13.2 Å². The van der Waals surface area contributed by atoms with Gasteiger partial charge in [0.25, 0.3) is 0 Å². The van der Waals surface area contributed by atoms with E-state index < -0.39 is 0 Å². The van der Waals surface area contributed by atoms with Crippen LogP contribution in [0.5, 0.6) is 5.75 Å². The molecule has 1 rings (SSSR count). The van der Waals surface area contributed by atoms with E-state index in [4.69, 9.17) is 27.9 Å². The van der Waals surface area contributed by atoms with E-state index in [1.807, 2.05) is 19.1 Å². The van der Waals surface area contributed by atoms with E-state index in [0.717, 1.165) is 18.7 Å². The topological polar surface area (TPSA) is 21.3 Å². The highest BCUT2D eigenvalue weighted by molar-refractivity contribution is 6.37. The van der Waals surface area contributed by atoms with Crippen molar-refractivity contribution in [1.82, 2.24) is 5.32 Å². The Kier molecular flexibility index (Phi) is 6.83. The smallest absolute Gasteiger partial charge is 0.156 e. The molecular weight excluding hydrogens is 269 g/mol. The predicted molar refractivity (Wildman–Crippen MR) is 78.8 cm³/mol. The first-order chi connectivity index (χ1) is 8.54. The fourth-order valence-corrected chi connectivity index (χ4v) is 2.26. The Morgan fingerprint density at radius 1 is 1.22 bits per heavy atom. The molecule has 1 N–H and O–H groups in total. The molecule has 0 aromatic heterocycles. The van der Waals surface area contributed by atoms with Crippen molar-refractivity contribution in [3.05, 3.63) is 27.7 Å². The molecule has 0 aliphatic rings. The SMILES string of the molecule is CCOc1c(Cl)cc(CNCCC(C)C)cc1Cl. The Morgan fingerprint density at radius 2 is 1.83 bits per heavy atom. The Bertz CT molecular complexity index is 357. The molecule has 0 radical (unpaired) electrons. The molecule has 0 atom stereocenters. The van der Waals surface area contributed by atoms with E-state index in [1.54, 1.807) is 0 Å². The first kappa shape index (κ1) is 15.6. The van der Waals surface area contributed by atoms with Gasteiger partial charge in [-0.3, -0.25) is 0 Å². The average Bonchev–Trinajstić information content (AvgIpc) is 2.29. The fraction of sp³-hybridized carbons (Fsp3) is 0.571. The Balaban J connectivity index is 2.57. The molecule has 0 aliphatic carbocycles. The van der Waals surface area contributed by atoms with Gasteiger partial charge in [0.2, 0.25) is 0 Å². The summed E-state index contributed by atoms with van der Waals surface area (Å²) in [5, 5.41) is 4.53. The summed E-state index contributed by atoms with van der Waals surface area (Å²) < 4.78 is 5.40. The second-order valence-corrected chi connectivity index (χ2v) is 5.50. The van der Waals surface area contributed by atoms with Crippen LogP contribution in [-0.2, 0) is 6.54 Å². The van der Waals surface area contributed by atoms with Crippen molar-refractivity contribution < 1.29 is 4.74 Å². The summed E-state index contributed by atoms with van der Waals surface area (Å²) in [7, 11) is 0. The zero-order chi connectivity index (χ0) is 13.5. The van der Waals surface area contributed by atoms with Crippen LogP contribution in [0.15, 0.2) is 12.1 Å². The van der Waals surface area contributed by atoms with Gasteiger partial charge >= 0.3 is 0 Å². The Labute approximate surface area is 120 Å². The lowest BCUT2D eigenvalue weighted by Crippen LogP contribution is -2.16. The lowest BCUT2D eigenvalue weighted by molar-refractivity contribution is 0.340. The van der Waals surface area contributed by atoms with Gasteiger partial charge in [-0.25, -0.2) is 0 Å². The minimum atomic E-state index is 0.561. The van der Waals surface area contributed by atoms with Crippen molar-refractivity contribution in [1.29, 1.82) is 0 Å². The van der Waals surface area contributed by atoms with Crippen LogP contribution in [0, 0.1) is 5.92 Å². The maximum absolute atomic E-state index is 6.14. The van der Waals surface area contributed by atoms with E-state index in [2.05, 4.69) is 19.2 Å². The minimum Gasteiger partial charge on any atom is -0.491 e. The number of ether oxygens (including phenoxy) is 1. The van der Waals surface area contributed by atoms with Gasteiger partial charge < -0.3 is 10.1 Å². The predicted octanol–water partition coefficient (Wildman–Crippen LogP) is 4.53. The first-order valence-electron chi connectivity index (χ1n) is 6.36. The summed E-state index contributed by atoms with van der Waals surface area (Å²) in [6.45, 7) is 8.68. The highest BCUT2D eigenvalue weighted by Gasteiger charge is 2.09. The molecule has 0 saturated heterocycles. The molecule has 0 aliphatic heterocycles. The maximum atomic E-state index is 6.14. The molecule has 18 heavy (non-hydrogen) atoms. The molecule has 0 saturated carbocycles. The molecule has 0 spiro atoms. The van der Waals surface area contributed by atoms with Crippen molar-refractivity contribution in [3.8, 4) is 5.75 Å². The molecule has 1 aromatic rings. The lowest BCUT2D eigenvalue weighted by Gasteiger charge is -2.11. The molecule has 102 valence electrons. The molecule has 0 bridgehead atoms. The van der Waals surface area contributed by atoms with E-state index in [9.17, 15) is 0 Å².